The van der Waals surface area contributed by atoms with E-state index in [4.69, 9.17) is 9.93 Å². The van der Waals surface area contributed by atoms with Gasteiger partial charge >= 0.3 is 6.03 Å². The van der Waals surface area contributed by atoms with Gasteiger partial charge < -0.3 is 5.32 Å². The highest BCUT2D eigenvalue weighted by molar-refractivity contribution is 7.97. The van der Waals surface area contributed by atoms with Crippen molar-refractivity contribution in [1.82, 2.24) is 19.5 Å². The number of pyridine rings is 1. The van der Waals surface area contributed by atoms with Crippen molar-refractivity contribution in [2.24, 2.45) is 7.05 Å². The summed E-state index contributed by atoms with van der Waals surface area (Å²) in [6.07, 6.45) is 3.61. The topological polar surface area (TPSA) is 118 Å². The molecule has 31 heavy (non-hydrogen) atoms. The number of carbonyl (C=O) groups is 1. The molecule has 0 radical (unpaired) electrons. The number of anilines is 2. The normalized spacial score (nSPS) is 10.3. The van der Waals surface area contributed by atoms with E-state index < -0.39 is 0 Å². The number of nitrogens with one attached hydrogen (secondary N) is 3. The summed E-state index contributed by atoms with van der Waals surface area (Å²) in [5.41, 5.74) is 2.62. The summed E-state index contributed by atoms with van der Waals surface area (Å²) in [5, 5.41) is 12.2. The lowest BCUT2D eigenvalue weighted by Gasteiger charge is -2.06. The van der Waals surface area contributed by atoms with Crippen molar-refractivity contribution in [1.29, 1.82) is 0 Å². The first-order valence-corrected chi connectivity index (χ1v) is 10.0. The van der Waals surface area contributed by atoms with Crippen LogP contribution in [-0.4, -0.2) is 27.8 Å². The average molecular weight is 436 g/mol. The number of aryl methyl sites for hydroxylation is 1. The van der Waals surface area contributed by atoms with Crippen molar-refractivity contribution in [2.75, 3.05) is 17.7 Å². The van der Waals surface area contributed by atoms with Gasteiger partial charge in [-0.05, 0) is 60.8 Å². The molecular formula is C21H20N6O3S. The Morgan fingerprint density at radius 3 is 2.48 bits per heavy atom. The van der Waals surface area contributed by atoms with Crippen LogP contribution in [0.3, 0.4) is 0 Å². The first-order valence-electron chi connectivity index (χ1n) is 9.19. The van der Waals surface area contributed by atoms with Crippen molar-refractivity contribution in [2.45, 2.75) is 4.90 Å². The Hall–Kier alpha value is -3.76. The van der Waals surface area contributed by atoms with E-state index in [1.54, 1.807) is 10.9 Å². The van der Waals surface area contributed by atoms with Gasteiger partial charge in [0, 0.05) is 57.0 Å². The molecule has 0 spiro atoms. The quantitative estimate of drug-likeness (QED) is 0.392. The van der Waals surface area contributed by atoms with Crippen LogP contribution >= 0.6 is 11.9 Å². The minimum Gasteiger partial charge on any atom is -0.308 e. The molecule has 2 heterocycles. The fourth-order valence-electron chi connectivity index (χ4n) is 3.05. The van der Waals surface area contributed by atoms with Gasteiger partial charge in [-0.25, -0.2) is 4.79 Å². The van der Waals surface area contributed by atoms with Crippen LogP contribution in [0.25, 0.3) is 22.0 Å². The molecular weight excluding hydrogens is 416 g/mol. The van der Waals surface area contributed by atoms with Crippen LogP contribution in [0.15, 0.2) is 71.9 Å². The molecule has 0 atom stereocenters. The van der Waals surface area contributed by atoms with Crippen LogP contribution in [0.4, 0.5) is 16.3 Å². The minimum atomic E-state index is -0.341. The van der Waals surface area contributed by atoms with Crippen LogP contribution in [0.2, 0.25) is 0 Å². The Labute approximate surface area is 182 Å². The number of hydrogen-bond acceptors (Lipinski definition) is 7. The fourth-order valence-corrected chi connectivity index (χ4v) is 3.55. The Morgan fingerprint density at radius 1 is 0.968 bits per heavy atom. The van der Waals surface area contributed by atoms with Crippen LogP contribution in [0, 0.1) is 9.93 Å². The van der Waals surface area contributed by atoms with Crippen LogP contribution < -0.4 is 15.4 Å². The summed E-state index contributed by atoms with van der Waals surface area (Å²) in [5.74, 6) is 0.480. The maximum Gasteiger partial charge on any atom is 0.324 e. The molecule has 158 valence electrons. The Morgan fingerprint density at radius 2 is 1.74 bits per heavy atom. The smallest absolute Gasteiger partial charge is 0.308 e. The number of hydrogen-bond donors (Lipinski definition) is 3. The largest absolute Gasteiger partial charge is 0.324 e. The van der Waals surface area contributed by atoms with E-state index in [1.165, 1.54) is 11.9 Å². The Kier molecular flexibility index (Phi) is 7.31. The molecule has 0 aliphatic rings. The predicted octanol–water partition coefficient (Wildman–Crippen LogP) is 4.57. The first kappa shape index (κ1) is 21.9. The zero-order chi connectivity index (χ0) is 22.2. The Bertz CT molecular complexity index is 1180. The number of benzene rings is 2. The van der Waals surface area contributed by atoms with Crippen molar-refractivity contribution < 1.29 is 4.79 Å². The summed E-state index contributed by atoms with van der Waals surface area (Å²) in [6, 6.07) is 17.2. The molecule has 4 aromatic rings. The lowest BCUT2D eigenvalue weighted by atomic mass is 10.1. The molecule has 0 saturated carbocycles. The highest BCUT2D eigenvalue weighted by atomic mass is 32.2. The molecule has 0 unspecified atom stereocenters. The summed E-state index contributed by atoms with van der Waals surface area (Å²) >= 11 is 1.51. The van der Waals surface area contributed by atoms with Crippen molar-refractivity contribution in [3.63, 3.8) is 0 Å². The first-order chi connectivity index (χ1) is 15.1. The van der Waals surface area contributed by atoms with Gasteiger partial charge in [0.25, 0.3) is 0 Å². The van der Waals surface area contributed by atoms with Gasteiger partial charge in [-0.3, -0.25) is 19.7 Å². The standard InChI is InChI=1S/C21H20N6OS.O2/c1-22-29-18-7-5-17(6-8-18)24-21(28)25-20-12-19(27(2)26-20)15-4-3-14-9-10-23-13-16(14)11-15;1-2/h3-13,22H,1-2H3,(H2,24,25,26,28);. The van der Waals surface area contributed by atoms with Crippen molar-refractivity contribution >= 4 is 40.3 Å². The summed E-state index contributed by atoms with van der Waals surface area (Å²) in [6.45, 7) is 0. The number of nitrogens with zero attached hydrogens (tertiary/aromatic N) is 3. The molecule has 0 fully saturated rings. The third kappa shape index (κ3) is 5.44. The molecule has 0 bridgehead atoms. The molecule has 0 aliphatic heterocycles. The van der Waals surface area contributed by atoms with Gasteiger partial charge in [0.05, 0.1) is 5.69 Å². The van der Waals surface area contributed by atoms with Crippen LogP contribution in [0.5, 0.6) is 0 Å². The zero-order valence-electron chi connectivity index (χ0n) is 16.8. The number of aromatic nitrogens is 3. The summed E-state index contributed by atoms with van der Waals surface area (Å²) < 4.78 is 4.76. The number of fused-ring (bicyclic) bond motifs is 1. The lowest BCUT2D eigenvalue weighted by Crippen LogP contribution is -2.19. The van der Waals surface area contributed by atoms with E-state index in [0.29, 0.717) is 11.5 Å². The fraction of sp³-hybridized carbons (Fsp3) is 0.0952. The maximum atomic E-state index is 12.3. The van der Waals surface area contributed by atoms with Gasteiger partial charge in [0.15, 0.2) is 5.82 Å². The highest BCUT2D eigenvalue weighted by Crippen LogP contribution is 2.26. The zero-order valence-corrected chi connectivity index (χ0v) is 17.6. The molecule has 2 aromatic heterocycles. The molecule has 3 N–H and O–H groups in total. The molecule has 10 heteroatoms. The van der Waals surface area contributed by atoms with Gasteiger partial charge in [0.1, 0.15) is 0 Å². The second kappa shape index (κ2) is 10.3. The second-order valence-corrected chi connectivity index (χ2v) is 7.47. The predicted molar refractivity (Wildman–Crippen MR) is 125 cm³/mol. The molecule has 2 amide bonds. The lowest BCUT2D eigenvalue weighted by molar-refractivity contribution is 0.262. The van der Waals surface area contributed by atoms with E-state index in [1.807, 2.05) is 62.8 Å². The Balaban J connectivity index is 0.00000132. The number of rotatable bonds is 5. The molecule has 9 nitrogen and oxygen atoms in total. The van der Waals surface area contributed by atoms with E-state index in [0.717, 1.165) is 26.9 Å². The van der Waals surface area contributed by atoms with Gasteiger partial charge in [-0.1, -0.05) is 12.1 Å². The number of carbonyl (C=O) groups excluding carboxylic acids is 1. The van der Waals surface area contributed by atoms with Crippen molar-refractivity contribution in [3.8, 4) is 11.3 Å². The third-order valence-corrected chi connectivity index (χ3v) is 5.10. The SMILES string of the molecule is CNSc1ccc(NC(=O)Nc2cc(-c3ccc4ccncc4c3)n(C)n2)cc1.O=O. The third-order valence-electron chi connectivity index (χ3n) is 4.39. The summed E-state index contributed by atoms with van der Waals surface area (Å²) in [4.78, 5) is 31.6. The van der Waals surface area contributed by atoms with Gasteiger partial charge in [-0.15, -0.1) is 0 Å². The van der Waals surface area contributed by atoms with E-state index in [-0.39, 0.29) is 6.03 Å². The van der Waals surface area contributed by atoms with Crippen LogP contribution in [0.1, 0.15) is 0 Å². The minimum absolute atomic E-state index is 0.341. The van der Waals surface area contributed by atoms with E-state index >= 15 is 0 Å². The van der Waals surface area contributed by atoms with E-state index in [2.05, 4.69) is 37.6 Å². The molecule has 4 rings (SSSR count). The van der Waals surface area contributed by atoms with Gasteiger partial charge in [0.2, 0.25) is 0 Å². The van der Waals surface area contributed by atoms with Crippen molar-refractivity contribution in [3.05, 3.63) is 76.9 Å². The number of urea groups is 1. The highest BCUT2D eigenvalue weighted by Gasteiger charge is 2.11. The summed E-state index contributed by atoms with van der Waals surface area (Å²) in [7, 11) is 3.71. The van der Waals surface area contributed by atoms with Gasteiger partial charge in [-0.2, -0.15) is 5.10 Å². The van der Waals surface area contributed by atoms with E-state index in [9.17, 15) is 4.79 Å². The maximum absolute atomic E-state index is 12.3. The number of amides is 2. The molecule has 0 aliphatic carbocycles. The average Bonchev–Trinajstić information content (AvgIpc) is 3.16. The molecule has 2 aromatic carbocycles. The molecule has 0 saturated heterocycles. The second-order valence-electron chi connectivity index (χ2n) is 6.39. The van der Waals surface area contributed by atoms with Crippen LogP contribution in [-0.2, 0) is 7.05 Å². The monoisotopic (exact) mass is 436 g/mol.